The first-order valence-corrected chi connectivity index (χ1v) is 23.9. The molecule has 0 aromatic rings. The first-order valence-electron chi connectivity index (χ1n) is 23.9. The van der Waals surface area contributed by atoms with Crippen LogP contribution < -0.4 is 5.32 Å². The van der Waals surface area contributed by atoms with Crippen molar-refractivity contribution in [2.24, 2.45) is 0 Å². The fourth-order valence-electron chi connectivity index (χ4n) is 5.50. The van der Waals surface area contributed by atoms with Crippen molar-refractivity contribution < 1.29 is 71.1 Å². The third-order valence-electron chi connectivity index (χ3n) is 8.77. The van der Waals surface area contributed by atoms with Crippen molar-refractivity contribution in [3.8, 4) is 0 Å². The summed E-state index contributed by atoms with van der Waals surface area (Å²) in [4.78, 5) is 11.5. The number of amides is 1. The average Bonchev–Trinajstić information content (AvgIpc) is 3.24. The molecular formula is C46H93NO15. The van der Waals surface area contributed by atoms with Gasteiger partial charge in [0, 0.05) is 13.2 Å². The van der Waals surface area contributed by atoms with Crippen LogP contribution in [0.15, 0.2) is 0 Å². The highest BCUT2D eigenvalue weighted by molar-refractivity contribution is 5.67. The minimum absolute atomic E-state index is 0.382. The van der Waals surface area contributed by atoms with E-state index in [2.05, 4.69) is 12.2 Å². The minimum Gasteiger partial charge on any atom is -0.444 e. The van der Waals surface area contributed by atoms with E-state index in [0.29, 0.717) is 172 Å². The zero-order chi connectivity index (χ0) is 45.0. The summed E-state index contributed by atoms with van der Waals surface area (Å²) in [5.74, 6) is 0. The lowest BCUT2D eigenvalue weighted by Gasteiger charge is -2.19. The number of unbranched alkanes of at least 4 members (excludes halogenated alkanes) is 12. The van der Waals surface area contributed by atoms with Crippen LogP contribution in [0.2, 0.25) is 0 Å². The highest BCUT2D eigenvalue weighted by Gasteiger charge is 2.15. The topological polar surface area (TPSA) is 158 Å². The second kappa shape index (κ2) is 52.4. The van der Waals surface area contributed by atoms with Gasteiger partial charge >= 0.3 is 6.09 Å². The Labute approximate surface area is 376 Å². The summed E-state index contributed by atoms with van der Waals surface area (Å²) >= 11 is 0. The number of carbonyl (C=O) groups excluding carboxylic acids is 1. The molecule has 0 bridgehead atoms. The second-order valence-electron chi connectivity index (χ2n) is 15.6. The van der Waals surface area contributed by atoms with Gasteiger partial charge in [0.25, 0.3) is 0 Å². The maximum atomic E-state index is 11.5. The van der Waals surface area contributed by atoms with Crippen LogP contribution >= 0.6 is 0 Å². The van der Waals surface area contributed by atoms with Crippen molar-refractivity contribution in [2.45, 2.75) is 117 Å². The molecule has 0 unspecified atom stereocenters. The summed E-state index contributed by atoms with van der Waals surface area (Å²) in [6.45, 7) is 21.6. The van der Waals surface area contributed by atoms with Crippen LogP contribution in [0.5, 0.6) is 0 Å². The molecule has 1 amide bonds. The zero-order valence-electron chi connectivity index (χ0n) is 39.9. The Morgan fingerprint density at radius 3 is 0.758 bits per heavy atom. The summed E-state index contributed by atoms with van der Waals surface area (Å²) in [6, 6.07) is 0. The number of hydrogen-bond donors (Lipinski definition) is 1. The molecule has 0 heterocycles. The summed E-state index contributed by atoms with van der Waals surface area (Å²) in [5.41, 5.74) is -0.513. The van der Waals surface area contributed by atoms with Gasteiger partial charge < -0.3 is 71.6 Å². The summed E-state index contributed by atoms with van der Waals surface area (Å²) in [5, 5.41) is 2.63. The van der Waals surface area contributed by atoms with Gasteiger partial charge in [0.05, 0.1) is 165 Å². The molecule has 62 heavy (non-hydrogen) atoms. The monoisotopic (exact) mass is 900 g/mol. The Kier molecular flexibility index (Phi) is 51.3. The maximum Gasteiger partial charge on any atom is 0.407 e. The normalized spacial score (nSPS) is 11.8. The Morgan fingerprint density at radius 2 is 0.516 bits per heavy atom. The number of rotatable bonds is 53. The lowest BCUT2D eigenvalue weighted by molar-refractivity contribution is -0.0290. The van der Waals surface area contributed by atoms with Crippen LogP contribution in [-0.2, 0) is 66.3 Å². The average molecular weight is 900 g/mol. The number of ether oxygens (including phenoxy) is 14. The van der Waals surface area contributed by atoms with Gasteiger partial charge in [0.15, 0.2) is 0 Å². The van der Waals surface area contributed by atoms with Gasteiger partial charge in [-0.2, -0.15) is 0 Å². The van der Waals surface area contributed by atoms with Gasteiger partial charge in [-0.1, -0.05) is 84.0 Å². The Hall–Kier alpha value is -1.25. The molecule has 0 saturated heterocycles. The second-order valence-corrected chi connectivity index (χ2v) is 15.6. The third kappa shape index (κ3) is 56.8. The van der Waals surface area contributed by atoms with E-state index in [4.69, 9.17) is 66.3 Å². The van der Waals surface area contributed by atoms with Crippen molar-refractivity contribution in [3.05, 3.63) is 0 Å². The van der Waals surface area contributed by atoms with Crippen LogP contribution in [0.25, 0.3) is 0 Å². The van der Waals surface area contributed by atoms with Gasteiger partial charge in [0.1, 0.15) is 5.60 Å². The standard InChI is InChI=1S/C46H93NO15/c1-5-6-7-8-9-10-11-12-13-14-15-16-17-19-49-21-23-51-25-27-53-29-31-55-33-35-57-37-39-59-41-43-61-44-42-60-40-38-58-36-34-56-32-30-54-28-26-52-24-22-50-20-18-47-45(48)62-46(2,3)4/h5-44H2,1-4H3,(H,47,48). The number of hydrogen-bond acceptors (Lipinski definition) is 15. The number of carbonyl (C=O) groups is 1. The minimum atomic E-state index is -0.513. The predicted octanol–water partition coefficient (Wildman–Crippen LogP) is 6.82. The number of alkyl carbamates (subject to hydrolysis) is 1. The fraction of sp³-hybridized carbons (Fsp3) is 0.978. The van der Waals surface area contributed by atoms with E-state index < -0.39 is 11.7 Å². The van der Waals surface area contributed by atoms with Crippen molar-refractivity contribution >= 4 is 6.09 Å². The van der Waals surface area contributed by atoms with Gasteiger partial charge in [0.2, 0.25) is 0 Å². The molecule has 0 saturated carbocycles. The summed E-state index contributed by atoms with van der Waals surface area (Å²) < 4.78 is 76.9. The molecule has 0 aliphatic rings. The van der Waals surface area contributed by atoms with E-state index >= 15 is 0 Å². The third-order valence-corrected chi connectivity index (χ3v) is 8.77. The van der Waals surface area contributed by atoms with Crippen LogP contribution in [-0.4, -0.2) is 190 Å². The Bertz CT molecular complexity index is 856. The van der Waals surface area contributed by atoms with Crippen molar-refractivity contribution in [2.75, 3.05) is 178 Å². The van der Waals surface area contributed by atoms with Crippen molar-refractivity contribution in [1.29, 1.82) is 0 Å². The molecule has 0 spiro atoms. The van der Waals surface area contributed by atoms with Gasteiger partial charge in [-0.25, -0.2) is 4.79 Å². The van der Waals surface area contributed by atoms with E-state index in [1.807, 2.05) is 20.8 Å². The molecule has 0 aromatic heterocycles. The smallest absolute Gasteiger partial charge is 0.407 e. The van der Waals surface area contributed by atoms with Gasteiger partial charge in [-0.15, -0.1) is 0 Å². The molecule has 16 nitrogen and oxygen atoms in total. The van der Waals surface area contributed by atoms with Gasteiger partial charge in [-0.05, 0) is 27.2 Å². The summed E-state index contributed by atoms with van der Waals surface area (Å²) in [6.07, 6.45) is 17.3. The van der Waals surface area contributed by atoms with Crippen molar-refractivity contribution in [3.63, 3.8) is 0 Å². The Balaban J connectivity index is 3.09. The molecule has 0 atom stereocenters. The summed E-state index contributed by atoms with van der Waals surface area (Å²) in [7, 11) is 0. The quantitative estimate of drug-likeness (QED) is 0.0634. The molecule has 0 fully saturated rings. The first kappa shape index (κ1) is 60.8. The SMILES string of the molecule is CCCCCCCCCCCCCCCOCCOCCOCCOCCOCCOCCOCCOCCOCCOCCOCCOCCOCCNC(=O)OC(C)(C)C. The Morgan fingerprint density at radius 1 is 0.306 bits per heavy atom. The van der Waals surface area contributed by atoms with Crippen LogP contribution in [0.3, 0.4) is 0 Å². The van der Waals surface area contributed by atoms with E-state index in [0.717, 1.165) is 13.0 Å². The van der Waals surface area contributed by atoms with Crippen molar-refractivity contribution in [1.82, 2.24) is 5.32 Å². The van der Waals surface area contributed by atoms with E-state index in [-0.39, 0.29) is 0 Å². The zero-order valence-corrected chi connectivity index (χ0v) is 39.9. The molecule has 0 rings (SSSR count). The lowest BCUT2D eigenvalue weighted by Crippen LogP contribution is -2.34. The molecule has 1 N–H and O–H groups in total. The largest absolute Gasteiger partial charge is 0.444 e. The van der Waals surface area contributed by atoms with Crippen LogP contribution in [0.4, 0.5) is 4.79 Å². The molecular weight excluding hydrogens is 806 g/mol. The van der Waals surface area contributed by atoms with Crippen LogP contribution in [0, 0.1) is 0 Å². The first-order chi connectivity index (χ1) is 30.5. The van der Waals surface area contributed by atoms with Crippen LogP contribution in [0.1, 0.15) is 111 Å². The molecule has 0 radical (unpaired) electrons. The highest BCUT2D eigenvalue weighted by atomic mass is 16.6. The molecule has 16 heteroatoms. The lowest BCUT2D eigenvalue weighted by atomic mass is 10.0. The van der Waals surface area contributed by atoms with Gasteiger partial charge in [-0.3, -0.25) is 0 Å². The van der Waals surface area contributed by atoms with E-state index in [1.54, 1.807) is 0 Å². The number of nitrogens with one attached hydrogen (secondary N) is 1. The highest BCUT2D eigenvalue weighted by Crippen LogP contribution is 2.12. The fourth-order valence-corrected chi connectivity index (χ4v) is 5.50. The predicted molar refractivity (Wildman–Crippen MR) is 241 cm³/mol. The maximum absolute atomic E-state index is 11.5. The molecule has 0 aliphatic carbocycles. The molecule has 372 valence electrons. The molecule has 0 aromatic carbocycles. The van der Waals surface area contributed by atoms with E-state index in [9.17, 15) is 4.79 Å². The molecule has 0 aliphatic heterocycles. The van der Waals surface area contributed by atoms with E-state index in [1.165, 1.54) is 77.0 Å².